The summed E-state index contributed by atoms with van der Waals surface area (Å²) in [4.78, 5) is 24.1. The van der Waals surface area contributed by atoms with E-state index in [0.717, 1.165) is 0 Å². The first kappa shape index (κ1) is 16.9. The summed E-state index contributed by atoms with van der Waals surface area (Å²) in [6, 6.07) is 0. The maximum absolute atomic E-state index is 12.0. The normalized spacial score (nSPS) is 11.1. The van der Waals surface area contributed by atoms with Crippen LogP contribution >= 0.6 is 0 Å². The number of rotatable bonds is 9. The van der Waals surface area contributed by atoms with Crippen molar-refractivity contribution in [3.63, 3.8) is 0 Å². The third kappa shape index (κ3) is 4.29. The lowest BCUT2D eigenvalue weighted by atomic mass is 9.80. The van der Waals surface area contributed by atoms with Gasteiger partial charge in [0.1, 0.15) is 0 Å². The first-order valence-electron chi connectivity index (χ1n) is 6.42. The topological polar surface area (TPSA) is 61.8 Å². The van der Waals surface area contributed by atoms with Crippen molar-refractivity contribution in [2.45, 2.75) is 40.0 Å². The van der Waals surface area contributed by atoms with E-state index in [0.29, 0.717) is 25.9 Å². The van der Waals surface area contributed by atoms with Crippen molar-refractivity contribution in [3.8, 4) is 0 Å². The summed E-state index contributed by atoms with van der Waals surface area (Å²) >= 11 is 0. The molecule has 106 valence electrons. The summed E-state index contributed by atoms with van der Waals surface area (Å²) in [6.07, 6.45) is 1.37. The summed E-state index contributed by atoms with van der Waals surface area (Å²) in [7, 11) is 1.59. The average molecular weight is 260 g/mol. The Labute approximate surface area is 109 Å². The molecule has 0 saturated heterocycles. The van der Waals surface area contributed by atoms with E-state index >= 15 is 0 Å². The molecule has 0 spiro atoms. The van der Waals surface area contributed by atoms with Gasteiger partial charge in [-0.3, -0.25) is 9.59 Å². The summed E-state index contributed by atoms with van der Waals surface area (Å²) in [5.74, 6) is -0.996. The van der Waals surface area contributed by atoms with Crippen LogP contribution in [0.15, 0.2) is 0 Å². The zero-order chi connectivity index (χ0) is 14.0. The molecule has 0 saturated carbocycles. The molecule has 0 radical (unpaired) electrons. The summed E-state index contributed by atoms with van der Waals surface area (Å²) < 4.78 is 15.0. The SMILES string of the molecule is CCOC(=O)C(CC)(CCCOC)C(=O)OCC. The van der Waals surface area contributed by atoms with Crippen LogP contribution in [0, 0.1) is 5.41 Å². The second-order valence-corrected chi connectivity index (χ2v) is 3.97. The van der Waals surface area contributed by atoms with Gasteiger partial charge >= 0.3 is 11.9 Å². The maximum atomic E-state index is 12.0. The first-order chi connectivity index (χ1) is 8.58. The summed E-state index contributed by atoms with van der Waals surface area (Å²) in [6.45, 7) is 6.24. The largest absolute Gasteiger partial charge is 0.465 e. The molecule has 0 aromatic heterocycles. The van der Waals surface area contributed by atoms with Gasteiger partial charge in [-0.2, -0.15) is 0 Å². The van der Waals surface area contributed by atoms with E-state index in [2.05, 4.69) is 0 Å². The summed E-state index contributed by atoms with van der Waals surface area (Å²) in [5.41, 5.74) is -1.19. The van der Waals surface area contributed by atoms with Gasteiger partial charge in [-0.25, -0.2) is 0 Å². The second kappa shape index (κ2) is 8.91. The molecule has 18 heavy (non-hydrogen) atoms. The van der Waals surface area contributed by atoms with Crippen molar-refractivity contribution in [3.05, 3.63) is 0 Å². The second-order valence-electron chi connectivity index (χ2n) is 3.97. The van der Waals surface area contributed by atoms with E-state index in [1.807, 2.05) is 0 Å². The molecule has 0 bridgehead atoms. The van der Waals surface area contributed by atoms with Crippen LogP contribution in [0.4, 0.5) is 0 Å². The van der Waals surface area contributed by atoms with Gasteiger partial charge in [0, 0.05) is 13.7 Å². The highest BCUT2D eigenvalue weighted by molar-refractivity contribution is 6.00. The lowest BCUT2D eigenvalue weighted by Crippen LogP contribution is -2.42. The van der Waals surface area contributed by atoms with Gasteiger partial charge in [0.05, 0.1) is 13.2 Å². The van der Waals surface area contributed by atoms with Crippen LogP contribution in [-0.4, -0.2) is 38.9 Å². The first-order valence-corrected chi connectivity index (χ1v) is 6.42. The van der Waals surface area contributed by atoms with Crippen LogP contribution < -0.4 is 0 Å². The monoisotopic (exact) mass is 260 g/mol. The van der Waals surface area contributed by atoms with E-state index in [9.17, 15) is 9.59 Å². The Morgan fingerprint density at radius 2 is 1.50 bits per heavy atom. The number of esters is 2. The van der Waals surface area contributed by atoms with Gasteiger partial charge in [-0.15, -0.1) is 0 Å². The Balaban J connectivity index is 4.93. The fraction of sp³-hybridized carbons (Fsp3) is 0.846. The molecule has 0 heterocycles. The Bertz CT molecular complexity index is 244. The number of carbonyl (C=O) groups is 2. The molecule has 5 nitrogen and oxygen atoms in total. The van der Waals surface area contributed by atoms with E-state index < -0.39 is 17.4 Å². The quantitative estimate of drug-likeness (QED) is 0.360. The van der Waals surface area contributed by atoms with Crippen molar-refractivity contribution in [1.82, 2.24) is 0 Å². The molecule has 0 aliphatic carbocycles. The number of hydrogen-bond donors (Lipinski definition) is 0. The van der Waals surface area contributed by atoms with E-state index in [1.54, 1.807) is 27.9 Å². The molecule has 0 aromatic carbocycles. The van der Waals surface area contributed by atoms with Crippen molar-refractivity contribution in [2.24, 2.45) is 5.41 Å². The van der Waals surface area contributed by atoms with Crippen molar-refractivity contribution in [1.29, 1.82) is 0 Å². The minimum atomic E-state index is -1.19. The van der Waals surface area contributed by atoms with E-state index in [-0.39, 0.29) is 13.2 Å². The number of hydrogen-bond acceptors (Lipinski definition) is 5. The molecule has 0 aliphatic rings. The summed E-state index contributed by atoms with van der Waals surface area (Å²) in [5, 5.41) is 0. The minimum Gasteiger partial charge on any atom is -0.465 e. The van der Waals surface area contributed by atoms with Gasteiger partial charge in [0.2, 0.25) is 0 Å². The zero-order valence-corrected chi connectivity index (χ0v) is 11.8. The predicted molar refractivity (Wildman–Crippen MR) is 67.1 cm³/mol. The van der Waals surface area contributed by atoms with Crippen LogP contribution in [0.2, 0.25) is 0 Å². The van der Waals surface area contributed by atoms with Crippen LogP contribution in [-0.2, 0) is 23.8 Å². The Kier molecular flexibility index (Phi) is 8.37. The average Bonchev–Trinajstić information content (AvgIpc) is 2.35. The molecular weight excluding hydrogens is 236 g/mol. The molecular formula is C13H24O5. The highest BCUT2D eigenvalue weighted by Crippen LogP contribution is 2.31. The fourth-order valence-electron chi connectivity index (χ4n) is 1.81. The molecule has 0 N–H and O–H groups in total. The molecule has 0 unspecified atom stereocenters. The van der Waals surface area contributed by atoms with Crippen molar-refractivity contribution in [2.75, 3.05) is 26.9 Å². The van der Waals surface area contributed by atoms with Crippen LogP contribution in [0.5, 0.6) is 0 Å². The van der Waals surface area contributed by atoms with Crippen LogP contribution in [0.25, 0.3) is 0 Å². The van der Waals surface area contributed by atoms with Crippen LogP contribution in [0.3, 0.4) is 0 Å². The molecule has 0 amide bonds. The number of methoxy groups -OCH3 is 1. The van der Waals surface area contributed by atoms with Gasteiger partial charge < -0.3 is 14.2 Å². The third-order valence-electron chi connectivity index (χ3n) is 2.89. The number of carbonyl (C=O) groups excluding carboxylic acids is 2. The third-order valence-corrected chi connectivity index (χ3v) is 2.89. The minimum absolute atomic E-state index is 0.254. The Morgan fingerprint density at radius 3 is 1.83 bits per heavy atom. The smallest absolute Gasteiger partial charge is 0.323 e. The Hall–Kier alpha value is -1.10. The lowest BCUT2D eigenvalue weighted by Gasteiger charge is -2.27. The highest BCUT2D eigenvalue weighted by Gasteiger charge is 2.46. The molecule has 5 heteroatoms. The molecule has 0 atom stereocenters. The van der Waals surface area contributed by atoms with Gasteiger partial charge in [-0.05, 0) is 33.1 Å². The van der Waals surface area contributed by atoms with E-state index in [4.69, 9.17) is 14.2 Å². The highest BCUT2D eigenvalue weighted by atomic mass is 16.6. The maximum Gasteiger partial charge on any atom is 0.323 e. The van der Waals surface area contributed by atoms with Crippen molar-refractivity contribution < 1.29 is 23.8 Å². The van der Waals surface area contributed by atoms with Crippen molar-refractivity contribution >= 4 is 11.9 Å². The van der Waals surface area contributed by atoms with Crippen LogP contribution in [0.1, 0.15) is 40.0 Å². The molecule has 0 aromatic rings. The van der Waals surface area contributed by atoms with Gasteiger partial charge in [0.15, 0.2) is 5.41 Å². The Morgan fingerprint density at radius 1 is 1.00 bits per heavy atom. The van der Waals surface area contributed by atoms with Gasteiger partial charge in [-0.1, -0.05) is 6.92 Å². The van der Waals surface area contributed by atoms with E-state index in [1.165, 1.54) is 0 Å². The number of ether oxygens (including phenoxy) is 3. The molecule has 0 fully saturated rings. The lowest BCUT2D eigenvalue weighted by molar-refractivity contribution is -0.173. The standard InChI is InChI=1S/C13H24O5/c1-5-13(9-8-10-16-4,11(14)17-6-2)12(15)18-7-3/h5-10H2,1-4H3. The molecule has 0 rings (SSSR count). The fourth-order valence-corrected chi connectivity index (χ4v) is 1.81. The zero-order valence-electron chi connectivity index (χ0n) is 11.8. The molecule has 0 aliphatic heterocycles. The van der Waals surface area contributed by atoms with Gasteiger partial charge in [0.25, 0.3) is 0 Å². The predicted octanol–water partition coefficient (Wildman–Crippen LogP) is 1.94.